The number of nitrogens with zero attached hydrogens (tertiary/aromatic N) is 1. The molecule has 0 bridgehead atoms. The zero-order valence-electron chi connectivity index (χ0n) is 9.29. The van der Waals surface area contributed by atoms with Gasteiger partial charge in [-0.1, -0.05) is 0 Å². The highest BCUT2D eigenvalue weighted by Gasteiger charge is 2.00. The molecule has 0 amide bonds. The van der Waals surface area contributed by atoms with Gasteiger partial charge in [0.1, 0.15) is 5.75 Å². The molecule has 0 spiro atoms. The summed E-state index contributed by atoms with van der Waals surface area (Å²) in [6.07, 6.45) is 6.43. The van der Waals surface area contributed by atoms with Crippen LogP contribution < -0.4 is 4.74 Å². The predicted molar refractivity (Wildman–Crippen MR) is 69.6 cm³/mol. The molecule has 0 saturated heterocycles. The second-order valence-corrected chi connectivity index (χ2v) is 4.19. The van der Waals surface area contributed by atoms with Gasteiger partial charge in [0.25, 0.3) is 0 Å². The summed E-state index contributed by atoms with van der Waals surface area (Å²) in [5.41, 5.74) is 0.783. The van der Waals surface area contributed by atoms with Gasteiger partial charge < -0.3 is 4.74 Å². The minimum atomic E-state index is -0.00148. The van der Waals surface area contributed by atoms with E-state index in [-0.39, 0.29) is 5.78 Å². The average Bonchev–Trinajstić information content (AvgIpc) is 2.39. The van der Waals surface area contributed by atoms with E-state index in [4.69, 9.17) is 4.74 Å². The lowest BCUT2D eigenvalue weighted by Gasteiger charge is -2.01. The molecule has 3 nitrogen and oxygen atoms in total. The Morgan fingerprint density at radius 1 is 1.06 bits per heavy atom. The monoisotopic (exact) mass is 245 g/mol. The van der Waals surface area contributed by atoms with E-state index in [0.29, 0.717) is 0 Å². The Hall–Kier alpha value is -1.81. The lowest BCUT2D eigenvalue weighted by Crippen LogP contribution is -1.97. The second kappa shape index (κ2) is 5.50. The molecule has 1 aliphatic carbocycles. The summed E-state index contributed by atoms with van der Waals surface area (Å²) < 4.78 is 9.38. The fourth-order valence-corrected chi connectivity index (χ4v) is 1.84. The minimum Gasteiger partial charge on any atom is -0.497 e. The molecule has 0 atom stereocenters. The van der Waals surface area contributed by atoms with Crippen LogP contribution in [0.5, 0.6) is 5.75 Å². The third-order valence-corrected chi connectivity index (χ3v) is 2.94. The first-order chi connectivity index (χ1) is 8.28. The van der Waals surface area contributed by atoms with Crippen LogP contribution in [0.25, 0.3) is 0 Å². The molecule has 0 aromatic heterocycles. The standard InChI is InChI=1S/C13H11NO2S/c1-16-12-6-8-13(9-7-12)17-14-10-2-4-11(15)5-3-10/h2-9H,1H3. The summed E-state index contributed by atoms with van der Waals surface area (Å²) in [6.45, 7) is 0. The van der Waals surface area contributed by atoms with Crippen molar-refractivity contribution in [3.05, 3.63) is 48.6 Å². The van der Waals surface area contributed by atoms with E-state index in [2.05, 4.69) is 4.40 Å². The van der Waals surface area contributed by atoms with Crippen LogP contribution in [0, 0.1) is 0 Å². The minimum absolute atomic E-state index is 0.00148. The Kier molecular flexibility index (Phi) is 3.77. The SMILES string of the molecule is COc1ccc(SN=C2C=CC(=O)C=C2)cc1. The molecule has 4 heteroatoms. The maximum Gasteiger partial charge on any atom is 0.178 e. The maximum absolute atomic E-state index is 10.9. The van der Waals surface area contributed by atoms with Crippen LogP contribution in [0.1, 0.15) is 0 Å². The van der Waals surface area contributed by atoms with Crippen molar-refractivity contribution in [2.75, 3.05) is 7.11 Å². The normalized spacial score (nSPS) is 13.9. The lowest BCUT2D eigenvalue weighted by atomic mass is 10.2. The molecule has 0 unspecified atom stereocenters. The predicted octanol–water partition coefficient (Wildman–Crippen LogP) is 2.84. The summed E-state index contributed by atoms with van der Waals surface area (Å²) in [6, 6.07) is 7.65. The van der Waals surface area contributed by atoms with Gasteiger partial charge in [0.05, 0.1) is 12.8 Å². The van der Waals surface area contributed by atoms with Crippen LogP contribution in [0.2, 0.25) is 0 Å². The third kappa shape index (κ3) is 3.32. The fourth-order valence-electron chi connectivity index (χ4n) is 1.25. The summed E-state index contributed by atoms with van der Waals surface area (Å²) in [4.78, 5) is 11.9. The van der Waals surface area contributed by atoms with Crippen molar-refractivity contribution in [2.24, 2.45) is 4.40 Å². The van der Waals surface area contributed by atoms with E-state index in [9.17, 15) is 4.79 Å². The Morgan fingerprint density at radius 2 is 1.71 bits per heavy atom. The Labute approximate surface area is 104 Å². The van der Waals surface area contributed by atoms with Gasteiger partial charge in [0.2, 0.25) is 0 Å². The number of benzene rings is 1. The van der Waals surface area contributed by atoms with Gasteiger partial charge in [-0.3, -0.25) is 4.79 Å². The second-order valence-electron chi connectivity index (χ2n) is 3.35. The van der Waals surface area contributed by atoms with Gasteiger partial charge in [-0.2, -0.15) is 0 Å². The van der Waals surface area contributed by atoms with E-state index in [0.717, 1.165) is 16.4 Å². The van der Waals surface area contributed by atoms with Crippen LogP contribution >= 0.6 is 11.9 Å². The van der Waals surface area contributed by atoms with E-state index in [1.165, 1.54) is 24.1 Å². The first-order valence-corrected chi connectivity index (χ1v) is 5.84. The molecule has 0 saturated carbocycles. The van der Waals surface area contributed by atoms with E-state index >= 15 is 0 Å². The van der Waals surface area contributed by atoms with Gasteiger partial charge in [0, 0.05) is 16.8 Å². The smallest absolute Gasteiger partial charge is 0.178 e. The van der Waals surface area contributed by atoms with Gasteiger partial charge in [0.15, 0.2) is 5.78 Å². The number of hydrogen-bond acceptors (Lipinski definition) is 4. The zero-order valence-corrected chi connectivity index (χ0v) is 10.1. The van der Waals surface area contributed by atoms with Gasteiger partial charge >= 0.3 is 0 Å². The van der Waals surface area contributed by atoms with Gasteiger partial charge in [-0.15, -0.1) is 0 Å². The number of ketones is 1. The highest BCUT2D eigenvalue weighted by Crippen LogP contribution is 2.22. The van der Waals surface area contributed by atoms with E-state index in [1.54, 1.807) is 19.3 Å². The Balaban J connectivity index is 2.02. The molecule has 0 N–H and O–H groups in total. The number of hydrogen-bond donors (Lipinski definition) is 0. The van der Waals surface area contributed by atoms with Crippen LogP contribution in [0.15, 0.2) is 57.9 Å². The van der Waals surface area contributed by atoms with Crippen LogP contribution in [0.3, 0.4) is 0 Å². The molecule has 86 valence electrons. The summed E-state index contributed by atoms with van der Waals surface area (Å²) in [5.74, 6) is 0.823. The van der Waals surface area contributed by atoms with Gasteiger partial charge in [-0.25, -0.2) is 4.40 Å². The number of methoxy groups -OCH3 is 1. The molecule has 0 heterocycles. The molecular weight excluding hydrogens is 234 g/mol. The quantitative estimate of drug-likeness (QED) is 0.607. The first kappa shape index (κ1) is 11.7. The number of ether oxygens (including phenoxy) is 1. The van der Waals surface area contributed by atoms with Crippen LogP contribution in [0.4, 0.5) is 0 Å². The molecule has 0 fully saturated rings. The molecule has 1 aliphatic rings. The van der Waals surface area contributed by atoms with Crippen molar-refractivity contribution in [3.8, 4) is 5.75 Å². The topological polar surface area (TPSA) is 38.7 Å². The molecule has 0 aliphatic heterocycles. The largest absolute Gasteiger partial charge is 0.497 e. The first-order valence-electron chi connectivity index (χ1n) is 5.07. The lowest BCUT2D eigenvalue weighted by molar-refractivity contribution is -0.110. The van der Waals surface area contributed by atoms with Crippen molar-refractivity contribution >= 4 is 23.4 Å². The van der Waals surface area contributed by atoms with E-state index < -0.39 is 0 Å². The number of carbonyl (C=O) groups excluding carboxylic acids is 1. The van der Waals surface area contributed by atoms with Crippen molar-refractivity contribution in [1.82, 2.24) is 0 Å². The van der Waals surface area contributed by atoms with Crippen molar-refractivity contribution in [2.45, 2.75) is 4.90 Å². The van der Waals surface area contributed by atoms with Crippen molar-refractivity contribution < 1.29 is 9.53 Å². The van der Waals surface area contributed by atoms with Crippen LogP contribution in [-0.2, 0) is 4.79 Å². The Morgan fingerprint density at radius 3 is 2.29 bits per heavy atom. The molecular formula is C13H11NO2S. The number of carbonyl (C=O) groups is 1. The molecule has 0 radical (unpaired) electrons. The zero-order chi connectivity index (χ0) is 12.1. The number of rotatable bonds is 3. The van der Waals surface area contributed by atoms with Crippen molar-refractivity contribution in [1.29, 1.82) is 0 Å². The summed E-state index contributed by atoms with van der Waals surface area (Å²) in [7, 11) is 1.64. The van der Waals surface area contributed by atoms with E-state index in [1.807, 2.05) is 24.3 Å². The fraction of sp³-hybridized carbons (Fsp3) is 0.0769. The molecule has 2 rings (SSSR count). The third-order valence-electron chi connectivity index (χ3n) is 2.15. The highest BCUT2D eigenvalue weighted by molar-refractivity contribution is 7.98. The van der Waals surface area contributed by atoms with Gasteiger partial charge in [-0.05, 0) is 48.6 Å². The maximum atomic E-state index is 10.9. The number of allylic oxidation sites excluding steroid dienone is 4. The molecule has 1 aromatic carbocycles. The Bertz CT molecular complexity index is 483. The summed E-state index contributed by atoms with van der Waals surface area (Å²) in [5, 5.41) is 0. The van der Waals surface area contributed by atoms with Crippen LogP contribution in [-0.4, -0.2) is 18.6 Å². The molecule has 17 heavy (non-hydrogen) atoms. The van der Waals surface area contributed by atoms with Crippen molar-refractivity contribution in [3.63, 3.8) is 0 Å². The highest BCUT2D eigenvalue weighted by atomic mass is 32.2. The summed E-state index contributed by atoms with van der Waals surface area (Å²) >= 11 is 1.37. The average molecular weight is 245 g/mol. The molecule has 1 aromatic rings.